The van der Waals surface area contributed by atoms with Crippen LogP contribution >= 0.6 is 0 Å². The molecular weight excluding hydrogens is 254 g/mol. The first-order chi connectivity index (χ1) is 9.81. The minimum absolute atomic E-state index is 0.133. The number of fused-ring (bicyclic) bond motifs is 1. The molecule has 106 valence electrons. The van der Waals surface area contributed by atoms with Gasteiger partial charge in [-0.05, 0) is 38.5 Å². The third kappa shape index (κ3) is 2.14. The Hall–Kier alpha value is -1.69. The lowest BCUT2D eigenvalue weighted by Crippen LogP contribution is -2.28. The number of aliphatic hydroxyl groups is 1. The molecule has 0 aromatic carbocycles. The molecule has 20 heavy (non-hydrogen) atoms. The number of nitrogens with zero attached hydrogens (tertiary/aromatic N) is 4. The van der Waals surface area contributed by atoms with Crippen LogP contribution in [0.4, 0.5) is 5.82 Å². The maximum absolute atomic E-state index is 9.57. The van der Waals surface area contributed by atoms with Crippen molar-refractivity contribution < 1.29 is 5.11 Å². The molecule has 6 heteroatoms. The van der Waals surface area contributed by atoms with Crippen LogP contribution in [0.1, 0.15) is 50.3 Å². The number of aromatic nitrogens is 4. The van der Waals surface area contributed by atoms with E-state index in [1.807, 2.05) is 12.4 Å². The third-order valence-electron chi connectivity index (χ3n) is 4.33. The highest BCUT2D eigenvalue weighted by Crippen LogP contribution is 2.39. The molecule has 0 bridgehead atoms. The van der Waals surface area contributed by atoms with Crippen LogP contribution in [-0.4, -0.2) is 36.8 Å². The molecule has 0 unspecified atom stereocenters. The predicted octanol–water partition coefficient (Wildman–Crippen LogP) is 1.72. The van der Waals surface area contributed by atoms with Crippen LogP contribution in [0.2, 0.25) is 0 Å². The maximum Gasteiger partial charge on any atom is 0.203 e. The average Bonchev–Trinajstić information content (AvgIpc) is 3.21. The van der Waals surface area contributed by atoms with Gasteiger partial charge >= 0.3 is 0 Å². The number of hydrogen-bond acceptors (Lipinski definition) is 5. The second kappa shape index (κ2) is 4.70. The monoisotopic (exact) mass is 273 g/mol. The van der Waals surface area contributed by atoms with Gasteiger partial charge in [0.25, 0.3) is 0 Å². The summed E-state index contributed by atoms with van der Waals surface area (Å²) >= 11 is 0. The van der Waals surface area contributed by atoms with Gasteiger partial charge in [0.05, 0.1) is 6.10 Å². The first-order valence-electron chi connectivity index (χ1n) is 7.45. The second-order valence-electron chi connectivity index (χ2n) is 5.95. The molecule has 0 radical (unpaired) electrons. The molecule has 2 aromatic rings. The molecule has 2 heterocycles. The number of rotatable bonds is 3. The van der Waals surface area contributed by atoms with Crippen LogP contribution in [0.3, 0.4) is 0 Å². The van der Waals surface area contributed by atoms with Crippen molar-refractivity contribution in [2.45, 2.75) is 56.6 Å². The Bertz CT molecular complexity index is 613. The molecule has 6 nitrogen and oxygen atoms in total. The summed E-state index contributed by atoms with van der Waals surface area (Å²) in [5.41, 5.74) is 0.820. The van der Waals surface area contributed by atoms with Gasteiger partial charge in [0.1, 0.15) is 5.82 Å². The largest absolute Gasteiger partial charge is 0.393 e. The molecule has 2 aromatic heterocycles. The van der Waals surface area contributed by atoms with Gasteiger partial charge in [0.15, 0.2) is 5.82 Å². The molecule has 0 amide bonds. The van der Waals surface area contributed by atoms with Crippen molar-refractivity contribution in [3.63, 3.8) is 0 Å². The van der Waals surface area contributed by atoms with Gasteiger partial charge in [-0.3, -0.25) is 4.40 Å². The van der Waals surface area contributed by atoms with E-state index in [0.29, 0.717) is 12.0 Å². The first kappa shape index (κ1) is 12.1. The van der Waals surface area contributed by atoms with Crippen LogP contribution in [0.25, 0.3) is 5.65 Å². The van der Waals surface area contributed by atoms with Crippen molar-refractivity contribution in [3.8, 4) is 0 Å². The summed E-state index contributed by atoms with van der Waals surface area (Å²) in [6, 6.07) is 0.373. The number of nitrogens with one attached hydrogen (secondary N) is 1. The normalized spacial score (nSPS) is 26.9. The van der Waals surface area contributed by atoms with Crippen molar-refractivity contribution in [2.75, 3.05) is 5.32 Å². The zero-order chi connectivity index (χ0) is 13.5. The first-order valence-corrected chi connectivity index (χ1v) is 7.45. The summed E-state index contributed by atoms with van der Waals surface area (Å²) in [7, 11) is 0. The minimum atomic E-state index is -0.133. The fourth-order valence-corrected chi connectivity index (χ4v) is 2.98. The average molecular weight is 273 g/mol. The maximum atomic E-state index is 9.57. The minimum Gasteiger partial charge on any atom is -0.393 e. The van der Waals surface area contributed by atoms with Crippen LogP contribution in [0.15, 0.2) is 12.4 Å². The molecule has 0 saturated heterocycles. The van der Waals surface area contributed by atoms with Crippen molar-refractivity contribution in [2.24, 2.45) is 0 Å². The van der Waals surface area contributed by atoms with Gasteiger partial charge in [-0.2, -0.15) is 0 Å². The summed E-state index contributed by atoms with van der Waals surface area (Å²) in [5.74, 6) is 2.45. The van der Waals surface area contributed by atoms with Crippen molar-refractivity contribution in [1.82, 2.24) is 19.6 Å². The number of anilines is 1. The van der Waals surface area contributed by atoms with Gasteiger partial charge < -0.3 is 10.4 Å². The van der Waals surface area contributed by atoms with E-state index in [-0.39, 0.29) is 6.10 Å². The Balaban J connectivity index is 1.60. The molecule has 2 fully saturated rings. The Morgan fingerprint density at radius 2 is 1.90 bits per heavy atom. The van der Waals surface area contributed by atoms with Gasteiger partial charge in [0.2, 0.25) is 5.65 Å². The van der Waals surface area contributed by atoms with E-state index < -0.39 is 0 Å². The molecule has 0 aliphatic heterocycles. The zero-order valence-corrected chi connectivity index (χ0v) is 11.4. The highest BCUT2D eigenvalue weighted by Gasteiger charge is 2.29. The van der Waals surface area contributed by atoms with E-state index in [4.69, 9.17) is 0 Å². The van der Waals surface area contributed by atoms with Crippen LogP contribution in [0.5, 0.6) is 0 Å². The molecule has 2 N–H and O–H groups in total. The predicted molar refractivity (Wildman–Crippen MR) is 74.6 cm³/mol. The summed E-state index contributed by atoms with van der Waals surface area (Å²) in [6.45, 7) is 0. The summed E-state index contributed by atoms with van der Waals surface area (Å²) in [6.07, 6.45) is 9.73. The van der Waals surface area contributed by atoms with E-state index in [1.165, 1.54) is 12.8 Å². The molecule has 2 aliphatic carbocycles. The molecule has 2 aliphatic rings. The van der Waals surface area contributed by atoms with Gasteiger partial charge in [-0.1, -0.05) is 0 Å². The lowest BCUT2D eigenvalue weighted by molar-refractivity contribution is 0.126. The molecule has 4 rings (SSSR count). The lowest BCUT2D eigenvalue weighted by Gasteiger charge is -2.26. The highest BCUT2D eigenvalue weighted by molar-refractivity contribution is 5.62. The lowest BCUT2D eigenvalue weighted by atomic mass is 9.93. The van der Waals surface area contributed by atoms with E-state index in [2.05, 4.69) is 24.9 Å². The molecule has 0 atom stereocenters. The van der Waals surface area contributed by atoms with E-state index in [1.54, 1.807) is 0 Å². The van der Waals surface area contributed by atoms with Crippen LogP contribution in [-0.2, 0) is 0 Å². The third-order valence-corrected chi connectivity index (χ3v) is 4.33. The Labute approximate surface area is 117 Å². The van der Waals surface area contributed by atoms with Crippen molar-refractivity contribution in [3.05, 3.63) is 18.2 Å². The number of hydrogen-bond donors (Lipinski definition) is 2. The quantitative estimate of drug-likeness (QED) is 0.890. The van der Waals surface area contributed by atoms with E-state index >= 15 is 0 Å². The van der Waals surface area contributed by atoms with E-state index in [9.17, 15) is 5.11 Å². The molecule has 2 saturated carbocycles. The van der Waals surface area contributed by atoms with Crippen molar-refractivity contribution in [1.29, 1.82) is 0 Å². The fourth-order valence-electron chi connectivity index (χ4n) is 2.98. The summed E-state index contributed by atoms with van der Waals surface area (Å²) in [4.78, 5) is 4.42. The SMILES string of the molecule is OC1CCC(Nc2nccn3c(C4CC4)nnc23)CC1. The summed E-state index contributed by atoms with van der Waals surface area (Å²) < 4.78 is 2.06. The Morgan fingerprint density at radius 3 is 2.65 bits per heavy atom. The van der Waals surface area contributed by atoms with Gasteiger partial charge in [-0.25, -0.2) is 4.98 Å². The topological polar surface area (TPSA) is 75.3 Å². The molecule has 0 spiro atoms. The van der Waals surface area contributed by atoms with Gasteiger partial charge in [-0.15, -0.1) is 10.2 Å². The fraction of sp³-hybridized carbons (Fsp3) is 0.643. The van der Waals surface area contributed by atoms with Crippen molar-refractivity contribution >= 4 is 11.5 Å². The molecular formula is C14H19N5O. The second-order valence-corrected chi connectivity index (χ2v) is 5.95. The van der Waals surface area contributed by atoms with Crippen LogP contribution in [0, 0.1) is 0 Å². The highest BCUT2D eigenvalue weighted by atomic mass is 16.3. The zero-order valence-electron chi connectivity index (χ0n) is 11.4. The number of aliphatic hydroxyl groups excluding tert-OH is 1. The van der Waals surface area contributed by atoms with Crippen LogP contribution < -0.4 is 5.32 Å². The Kier molecular flexibility index (Phi) is 2.84. The smallest absolute Gasteiger partial charge is 0.203 e. The van der Waals surface area contributed by atoms with Gasteiger partial charge in [0, 0.05) is 24.4 Å². The summed E-state index contributed by atoms with van der Waals surface area (Å²) in [5, 5.41) is 21.7. The van der Waals surface area contributed by atoms with E-state index in [0.717, 1.165) is 43.0 Å². The Morgan fingerprint density at radius 1 is 1.10 bits per heavy atom. The standard InChI is InChI=1S/C14H19N5O/c20-11-5-3-10(4-6-11)16-12-14-18-17-13(9-1-2-9)19(14)8-7-15-12/h7-11,20H,1-6H2,(H,15,16).